The van der Waals surface area contributed by atoms with E-state index in [2.05, 4.69) is 39.6 Å². The fourth-order valence-electron chi connectivity index (χ4n) is 1.10. The zero-order valence-electron chi connectivity index (χ0n) is 10.2. The highest BCUT2D eigenvalue weighted by Crippen LogP contribution is 2.12. The minimum atomic E-state index is 0. The van der Waals surface area contributed by atoms with E-state index in [0.717, 1.165) is 6.54 Å². The Morgan fingerprint density at radius 1 is 1.21 bits per heavy atom. The molecule has 0 atom stereocenters. The molecule has 0 bridgehead atoms. The van der Waals surface area contributed by atoms with E-state index in [1.54, 1.807) is 0 Å². The highest BCUT2D eigenvalue weighted by atomic mass is 79.9. The zero-order valence-corrected chi connectivity index (χ0v) is 11.9. The van der Waals surface area contributed by atoms with E-state index in [-0.39, 0.29) is 22.5 Å². The molecule has 0 saturated heterocycles. The lowest BCUT2D eigenvalue weighted by atomic mass is 9.97. The predicted octanol–water partition coefficient (Wildman–Crippen LogP) is 4.09. The Bertz CT molecular complexity index is 152. The van der Waals surface area contributed by atoms with Crippen LogP contribution in [0.25, 0.3) is 0 Å². The summed E-state index contributed by atoms with van der Waals surface area (Å²) in [7, 11) is 0. The molecule has 0 radical (unpaired) electrons. The first-order chi connectivity index (χ1) is 6.00. The van der Waals surface area contributed by atoms with Gasteiger partial charge in [0.05, 0.1) is 0 Å². The van der Waals surface area contributed by atoms with Crippen molar-refractivity contribution < 1.29 is 0 Å². The summed E-state index contributed by atoms with van der Waals surface area (Å²) in [6.45, 7) is 13.8. The Morgan fingerprint density at radius 3 is 2.21 bits per heavy atom. The molecule has 0 aromatic carbocycles. The molecule has 0 fully saturated rings. The van der Waals surface area contributed by atoms with Crippen LogP contribution in [0, 0.1) is 0 Å². The Hall–Kier alpha value is 0.180. The maximum atomic E-state index is 3.98. The monoisotopic (exact) mass is 263 g/mol. The average Bonchev–Trinajstić information content (AvgIpc) is 2.03. The Balaban J connectivity index is 0. The highest BCUT2D eigenvalue weighted by molar-refractivity contribution is 8.93. The van der Waals surface area contributed by atoms with Crippen molar-refractivity contribution in [1.82, 2.24) is 5.32 Å². The number of hydrogen-bond acceptors (Lipinski definition) is 1. The van der Waals surface area contributed by atoms with Crippen molar-refractivity contribution in [3.05, 3.63) is 12.2 Å². The van der Waals surface area contributed by atoms with Gasteiger partial charge >= 0.3 is 0 Å². The Morgan fingerprint density at radius 2 is 1.79 bits per heavy atom. The van der Waals surface area contributed by atoms with Crippen molar-refractivity contribution in [2.75, 3.05) is 6.54 Å². The van der Waals surface area contributed by atoms with Gasteiger partial charge in [-0.25, -0.2) is 0 Å². The molecule has 2 heteroatoms. The summed E-state index contributed by atoms with van der Waals surface area (Å²) in [6, 6.07) is 0. The van der Waals surface area contributed by atoms with E-state index in [4.69, 9.17) is 0 Å². The van der Waals surface area contributed by atoms with Gasteiger partial charge in [-0.15, -0.1) is 17.0 Å². The van der Waals surface area contributed by atoms with E-state index < -0.39 is 0 Å². The molecular formula is C12H26BrN. The van der Waals surface area contributed by atoms with Gasteiger partial charge in [-0.2, -0.15) is 0 Å². The number of rotatable bonds is 7. The second-order valence-corrected chi connectivity index (χ2v) is 4.39. The van der Waals surface area contributed by atoms with E-state index in [0.29, 0.717) is 0 Å². The minimum Gasteiger partial charge on any atom is -0.308 e. The van der Waals surface area contributed by atoms with E-state index in [1.807, 2.05) is 0 Å². The predicted molar refractivity (Wildman–Crippen MR) is 71.4 cm³/mol. The molecule has 0 spiro atoms. The first kappa shape index (κ1) is 16.6. The van der Waals surface area contributed by atoms with Gasteiger partial charge in [0.2, 0.25) is 0 Å². The normalized spacial score (nSPS) is 10.9. The van der Waals surface area contributed by atoms with E-state index >= 15 is 0 Å². The molecule has 1 nitrogen and oxygen atoms in total. The molecular weight excluding hydrogens is 238 g/mol. The summed E-state index contributed by atoms with van der Waals surface area (Å²) < 4.78 is 0. The van der Waals surface area contributed by atoms with Gasteiger partial charge in [0.25, 0.3) is 0 Å². The van der Waals surface area contributed by atoms with Crippen LogP contribution in [-0.4, -0.2) is 12.1 Å². The Kier molecular flexibility index (Phi) is 10.1. The third-order valence-corrected chi connectivity index (χ3v) is 2.66. The lowest BCUT2D eigenvalue weighted by molar-refractivity contribution is 0.439. The smallest absolute Gasteiger partial charge is 0.0331 e. The Labute approximate surface area is 100 Å². The quantitative estimate of drug-likeness (QED) is 0.539. The maximum absolute atomic E-state index is 3.98. The minimum absolute atomic E-state index is 0. The SMILES string of the molecule is Br.C=C(C)C(C)(C)NCCCCCC. The third kappa shape index (κ3) is 7.57. The summed E-state index contributed by atoms with van der Waals surface area (Å²) in [4.78, 5) is 0. The molecule has 1 N–H and O–H groups in total. The van der Waals surface area contributed by atoms with E-state index in [9.17, 15) is 0 Å². The molecule has 0 aromatic rings. The first-order valence-electron chi connectivity index (χ1n) is 5.41. The second kappa shape index (κ2) is 8.49. The van der Waals surface area contributed by atoms with Crippen LogP contribution in [-0.2, 0) is 0 Å². The summed E-state index contributed by atoms with van der Waals surface area (Å²) >= 11 is 0. The van der Waals surface area contributed by atoms with Crippen LogP contribution < -0.4 is 5.32 Å². The van der Waals surface area contributed by atoms with Crippen LogP contribution >= 0.6 is 17.0 Å². The first-order valence-corrected chi connectivity index (χ1v) is 5.41. The van der Waals surface area contributed by atoms with Crippen molar-refractivity contribution in [1.29, 1.82) is 0 Å². The number of nitrogens with one attached hydrogen (secondary N) is 1. The topological polar surface area (TPSA) is 12.0 Å². The van der Waals surface area contributed by atoms with Crippen LogP contribution in [0.1, 0.15) is 53.4 Å². The number of unbranched alkanes of at least 4 members (excludes halogenated alkanes) is 3. The summed E-state index contributed by atoms with van der Waals surface area (Å²) in [5, 5.41) is 3.52. The highest BCUT2D eigenvalue weighted by Gasteiger charge is 2.16. The van der Waals surface area contributed by atoms with Gasteiger partial charge in [-0.3, -0.25) is 0 Å². The average molecular weight is 264 g/mol. The maximum Gasteiger partial charge on any atom is 0.0331 e. The van der Waals surface area contributed by atoms with Gasteiger partial charge in [0, 0.05) is 5.54 Å². The molecule has 0 rings (SSSR count). The summed E-state index contributed by atoms with van der Waals surface area (Å²) in [6.07, 6.45) is 5.29. The van der Waals surface area contributed by atoms with Gasteiger partial charge in [-0.05, 0) is 33.7 Å². The lowest BCUT2D eigenvalue weighted by Gasteiger charge is -2.26. The van der Waals surface area contributed by atoms with Crippen molar-refractivity contribution in [3.63, 3.8) is 0 Å². The van der Waals surface area contributed by atoms with Crippen LogP contribution in [0.3, 0.4) is 0 Å². The molecule has 0 aromatic heterocycles. The van der Waals surface area contributed by atoms with Crippen molar-refractivity contribution in [2.45, 2.75) is 58.9 Å². The fraction of sp³-hybridized carbons (Fsp3) is 0.833. The van der Waals surface area contributed by atoms with Gasteiger partial charge in [-0.1, -0.05) is 38.3 Å². The van der Waals surface area contributed by atoms with Gasteiger partial charge in [0.15, 0.2) is 0 Å². The standard InChI is InChI=1S/C12H25N.BrH/c1-6-7-8-9-10-13-12(4,5)11(2)3;/h13H,2,6-10H2,1,3-5H3;1H. The lowest BCUT2D eigenvalue weighted by Crippen LogP contribution is -2.40. The van der Waals surface area contributed by atoms with Gasteiger partial charge in [0.1, 0.15) is 0 Å². The van der Waals surface area contributed by atoms with Crippen molar-refractivity contribution in [2.24, 2.45) is 0 Å². The van der Waals surface area contributed by atoms with E-state index in [1.165, 1.54) is 31.3 Å². The van der Waals surface area contributed by atoms with Crippen LogP contribution in [0.15, 0.2) is 12.2 Å². The second-order valence-electron chi connectivity index (χ2n) is 4.39. The largest absolute Gasteiger partial charge is 0.308 e. The molecule has 14 heavy (non-hydrogen) atoms. The number of hydrogen-bond donors (Lipinski definition) is 1. The zero-order chi connectivity index (χ0) is 10.3. The van der Waals surface area contributed by atoms with Crippen LogP contribution in [0.4, 0.5) is 0 Å². The molecule has 0 aliphatic heterocycles. The van der Waals surface area contributed by atoms with Crippen LogP contribution in [0.2, 0.25) is 0 Å². The van der Waals surface area contributed by atoms with Gasteiger partial charge < -0.3 is 5.32 Å². The van der Waals surface area contributed by atoms with Crippen molar-refractivity contribution in [3.8, 4) is 0 Å². The molecule has 0 amide bonds. The molecule has 0 aliphatic rings. The van der Waals surface area contributed by atoms with Crippen LogP contribution in [0.5, 0.6) is 0 Å². The molecule has 0 heterocycles. The molecule has 0 unspecified atom stereocenters. The summed E-state index contributed by atoms with van der Waals surface area (Å²) in [5.74, 6) is 0. The summed E-state index contributed by atoms with van der Waals surface area (Å²) in [5.41, 5.74) is 1.31. The molecule has 0 saturated carbocycles. The van der Waals surface area contributed by atoms with Crippen molar-refractivity contribution >= 4 is 17.0 Å². The number of halogens is 1. The molecule has 0 aliphatic carbocycles. The molecule has 86 valence electrons. The third-order valence-electron chi connectivity index (χ3n) is 2.66. The fourth-order valence-corrected chi connectivity index (χ4v) is 1.10.